The molecule has 0 spiro atoms. The van der Waals surface area contributed by atoms with Crippen molar-refractivity contribution in [2.45, 2.75) is 26.3 Å². The van der Waals surface area contributed by atoms with Crippen LogP contribution in [-0.2, 0) is 4.79 Å². The highest BCUT2D eigenvalue weighted by Gasteiger charge is 2.36. The highest BCUT2D eigenvalue weighted by molar-refractivity contribution is 5.98. The van der Waals surface area contributed by atoms with Crippen LogP contribution in [0.5, 0.6) is 11.5 Å². The van der Waals surface area contributed by atoms with E-state index < -0.39 is 17.4 Å². The molecule has 0 unspecified atom stereocenters. The van der Waals surface area contributed by atoms with Gasteiger partial charge in [0.05, 0.1) is 14.2 Å². The SMILES string of the molecule is COc1cc(C(=O)N(C)C(C)(C)C(=O)O)cc(OC)c1C. The maximum absolute atomic E-state index is 12.5. The van der Waals surface area contributed by atoms with Crippen molar-refractivity contribution in [1.29, 1.82) is 0 Å². The molecule has 0 bridgehead atoms. The van der Waals surface area contributed by atoms with E-state index in [1.165, 1.54) is 40.0 Å². The molecule has 1 aromatic carbocycles. The first-order chi connectivity index (χ1) is 9.66. The van der Waals surface area contributed by atoms with Crippen molar-refractivity contribution in [3.8, 4) is 11.5 Å². The Hall–Kier alpha value is -2.24. The minimum Gasteiger partial charge on any atom is -0.496 e. The summed E-state index contributed by atoms with van der Waals surface area (Å²) in [6.07, 6.45) is 0. The minimum absolute atomic E-state index is 0.311. The quantitative estimate of drug-likeness (QED) is 0.898. The van der Waals surface area contributed by atoms with Crippen LogP contribution in [0.15, 0.2) is 12.1 Å². The second-order valence-corrected chi connectivity index (χ2v) is 5.23. The zero-order valence-electron chi connectivity index (χ0n) is 13.2. The van der Waals surface area contributed by atoms with Gasteiger partial charge >= 0.3 is 5.97 Å². The standard InChI is InChI=1S/C15H21NO5/c1-9-11(20-5)7-10(8-12(9)21-6)13(17)16(4)15(2,3)14(18)19/h7-8H,1-6H3,(H,18,19). The largest absolute Gasteiger partial charge is 0.496 e. The molecule has 0 aliphatic carbocycles. The van der Waals surface area contributed by atoms with Crippen LogP contribution in [-0.4, -0.2) is 48.7 Å². The average Bonchev–Trinajstić information content (AvgIpc) is 2.45. The molecule has 0 heterocycles. The van der Waals surface area contributed by atoms with Gasteiger partial charge in [0.1, 0.15) is 17.0 Å². The normalized spacial score (nSPS) is 11.0. The van der Waals surface area contributed by atoms with E-state index in [1.54, 1.807) is 12.1 Å². The second kappa shape index (κ2) is 6.03. The third-order valence-electron chi connectivity index (χ3n) is 3.67. The van der Waals surface area contributed by atoms with Gasteiger partial charge in [-0.2, -0.15) is 0 Å². The number of hydrogen-bond donors (Lipinski definition) is 1. The molecule has 1 aromatic rings. The van der Waals surface area contributed by atoms with Crippen LogP contribution in [0.1, 0.15) is 29.8 Å². The fourth-order valence-electron chi connectivity index (χ4n) is 1.80. The van der Waals surface area contributed by atoms with Gasteiger partial charge in [-0.25, -0.2) is 4.79 Å². The summed E-state index contributed by atoms with van der Waals surface area (Å²) in [5.74, 6) is -0.471. The van der Waals surface area contributed by atoms with Crippen molar-refractivity contribution in [3.05, 3.63) is 23.3 Å². The fraction of sp³-hybridized carbons (Fsp3) is 0.467. The van der Waals surface area contributed by atoms with Crippen LogP contribution in [0.2, 0.25) is 0 Å². The van der Waals surface area contributed by atoms with E-state index in [-0.39, 0.29) is 0 Å². The number of benzene rings is 1. The number of amides is 1. The van der Waals surface area contributed by atoms with Crippen LogP contribution in [0.4, 0.5) is 0 Å². The Morgan fingerprint density at radius 3 is 1.90 bits per heavy atom. The van der Waals surface area contributed by atoms with Crippen LogP contribution < -0.4 is 9.47 Å². The van der Waals surface area contributed by atoms with Gasteiger partial charge in [0.25, 0.3) is 5.91 Å². The molecular weight excluding hydrogens is 274 g/mol. The van der Waals surface area contributed by atoms with Crippen molar-refractivity contribution >= 4 is 11.9 Å². The van der Waals surface area contributed by atoms with Gasteiger partial charge in [-0.05, 0) is 32.9 Å². The molecule has 1 N–H and O–H groups in total. The summed E-state index contributed by atoms with van der Waals surface area (Å²) in [5.41, 5.74) is -0.231. The number of ether oxygens (including phenoxy) is 2. The number of aliphatic carboxylic acids is 1. The van der Waals surface area contributed by atoms with Gasteiger partial charge in [-0.15, -0.1) is 0 Å². The third kappa shape index (κ3) is 3.09. The lowest BCUT2D eigenvalue weighted by atomic mass is 10.0. The highest BCUT2D eigenvalue weighted by atomic mass is 16.5. The monoisotopic (exact) mass is 295 g/mol. The Kier molecular flexibility index (Phi) is 4.83. The summed E-state index contributed by atoms with van der Waals surface area (Å²) in [5, 5.41) is 9.21. The van der Waals surface area contributed by atoms with Crippen molar-refractivity contribution in [2.24, 2.45) is 0 Å². The summed E-state index contributed by atoms with van der Waals surface area (Å²) in [4.78, 5) is 24.9. The lowest BCUT2D eigenvalue weighted by Crippen LogP contribution is -2.50. The Morgan fingerprint density at radius 1 is 1.14 bits per heavy atom. The molecule has 0 aliphatic heterocycles. The zero-order chi connectivity index (χ0) is 16.4. The molecule has 0 aromatic heterocycles. The van der Waals surface area contributed by atoms with Crippen LogP contribution in [0, 0.1) is 6.92 Å². The van der Waals surface area contributed by atoms with E-state index in [0.717, 1.165) is 5.56 Å². The molecule has 0 atom stereocenters. The van der Waals surface area contributed by atoms with E-state index in [4.69, 9.17) is 9.47 Å². The molecule has 6 nitrogen and oxygen atoms in total. The summed E-state index contributed by atoms with van der Waals surface area (Å²) in [7, 11) is 4.46. The molecule has 0 aliphatic rings. The summed E-state index contributed by atoms with van der Waals surface area (Å²) >= 11 is 0. The molecule has 0 fully saturated rings. The lowest BCUT2D eigenvalue weighted by Gasteiger charge is -2.31. The van der Waals surface area contributed by atoms with E-state index >= 15 is 0 Å². The topological polar surface area (TPSA) is 76.1 Å². The second-order valence-electron chi connectivity index (χ2n) is 5.23. The number of nitrogens with zero attached hydrogens (tertiary/aromatic N) is 1. The van der Waals surface area contributed by atoms with Crippen molar-refractivity contribution in [1.82, 2.24) is 4.90 Å². The molecule has 1 rings (SSSR count). The number of likely N-dealkylation sites (N-methyl/N-ethyl adjacent to an activating group) is 1. The van der Waals surface area contributed by atoms with E-state index in [9.17, 15) is 14.7 Å². The molecule has 116 valence electrons. The molecule has 1 amide bonds. The van der Waals surface area contributed by atoms with Gasteiger partial charge < -0.3 is 19.5 Å². The Balaban J connectivity index is 3.28. The number of carbonyl (C=O) groups is 2. The van der Waals surface area contributed by atoms with Crippen molar-refractivity contribution in [2.75, 3.05) is 21.3 Å². The van der Waals surface area contributed by atoms with Crippen molar-refractivity contribution < 1.29 is 24.2 Å². The van der Waals surface area contributed by atoms with E-state index in [0.29, 0.717) is 17.1 Å². The van der Waals surface area contributed by atoms with Crippen LogP contribution in [0.25, 0.3) is 0 Å². The first-order valence-corrected chi connectivity index (χ1v) is 6.41. The number of hydrogen-bond acceptors (Lipinski definition) is 4. The number of carboxylic acids is 1. The number of methoxy groups -OCH3 is 2. The third-order valence-corrected chi connectivity index (χ3v) is 3.67. The predicted molar refractivity (Wildman–Crippen MR) is 78.1 cm³/mol. The Morgan fingerprint density at radius 2 is 1.57 bits per heavy atom. The maximum atomic E-state index is 12.5. The Labute approximate surface area is 124 Å². The molecule has 0 saturated heterocycles. The summed E-state index contributed by atoms with van der Waals surface area (Å²) in [6, 6.07) is 3.16. The van der Waals surface area contributed by atoms with Crippen LogP contribution >= 0.6 is 0 Å². The highest BCUT2D eigenvalue weighted by Crippen LogP contribution is 2.30. The van der Waals surface area contributed by atoms with Gasteiger partial charge in [-0.1, -0.05) is 0 Å². The molecule has 6 heteroatoms. The molecule has 0 radical (unpaired) electrons. The molecule has 21 heavy (non-hydrogen) atoms. The minimum atomic E-state index is -1.32. The Bertz CT molecular complexity index is 540. The van der Waals surface area contributed by atoms with Gasteiger partial charge in [-0.3, -0.25) is 4.79 Å². The van der Waals surface area contributed by atoms with Crippen LogP contribution in [0.3, 0.4) is 0 Å². The summed E-state index contributed by atoms with van der Waals surface area (Å²) < 4.78 is 10.4. The van der Waals surface area contributed by atoms with E-state index in [2.05, 4.69) is 0 Å². The smallest absolute Gasteiger partial charge is 0.329 e. The zero-order valence-corrected chi connectivity index (χ0v) is 13.2. The first-order valence-electron chi connectivity index (χ1n) is 6.41. The average molecular weight is 295 g/mol. The molecular formula is C15H21NO5. The number of rotatable bonds is 5. The van der Waals surface area contributed by atoms with Gasteiger partial charge in [0.15, 0.2) is 0 Å². The van der Waals surface area contributed by atoms with Gasteiger partial charge in [0.2, 0.25) is 0 Å². The lowest BCUT2D eigenvalue weighted by molar-refractivity contribution is -0.147. The number of carboxylic acid groups (broad SMARTS) is 1. The summed E-state index contributed by atoms with van der Waals surface area (Å²) in [6.45, 7) is 4.75. The van der Waals surface area contributed by atoms with Gasteiger partial charge in [0, 0.05) is 18.2 Å². The fourth-order valence-corrected chi connectivity index (χ4v) is 1.80. The first kappa shape index (κ1) is 16.8. The predicted octanol–water partition coefficient (Wildman–Crippen LogP) is 1.95. The van der Waals surface area contributed by atoms with E-state index in [1.807, 2.05) is 6.92 Å². The number of carbonyl (C=O) groups excluding carboxylic acids is 1. The molecule has 0 saturated carbocycles. The van der Waals surface area contributed by atoms with Crippen molar-refractivity contribution in [3.63, 3.8) is 0 Å². The maximum Gasteiger partial charge on any atom is 0.329 e.